The zero-order valence-corrected chi connectivity index (χ0v) is 14.8. The van der Waals surface area contributed by atoms with Crippen molar-refractivity contribution in [2.45, 2.75) is 25.3 Å². The van der Waals surface area contributed by atoms with Crippen LogP contribution < -0.4 is 5.32 Å². The van der Waals surface area contributed by atoms with Crippen LogP contribution in [0.2, 0.25) is 0 Å². The number of hydrogen-bond acceptors (Lipinski definition) is 4. The molecule has 0 atom stereocenters. The first-order valence-corrected chi connectivity index (χ1v) is 8.95. The summed E-state index contributed by atoms with van der Waals surface area (Å²) < 4.78 is 0. The summed E-state index contributed by atoms with van der Waals surface area (Å²) >= 11 is 1.70. The maximum atomic E-state index is 12.4. The van der Waals surface area contributed by atoms with Gasteiger partial charge in [0.1, 0.15) is 0 Å². The first-order chi connectivity index (χ1) is 11.6. The van der Waals surface area contributed by atoms with Gasteiger partial charge in [-0.05, 0) is 56.0 Å². The number of thioether (sulfide) groups is 1. The Morgan fingerprint density at radius 2 is 1.67 bits per heavy atom. The molecule has 0 bridgehead atoms. The van der Waals surface area contributed by atoms with Gasteiger partial charge in [-0.2, -0.15) is 0 Å². The lowest BCUT2D eigenvalue weighted by Crippen LogP contribution is -2.22. The monoisotopic (exact) mass is 337 g/mol. The lowest BCUT2D eigenvalue weighted by atomic mass is 10.1. The third kappa shape index (κ3) is 3.57. The van der Waals surface area contributed by atoms with E-state index in [1.54, 1.807) is 23.9 Å². The molecule has 122 valence electrons. The van der Waals surface area contributed by atoms with Crippen LogP contribution in [0.1, 0.15) is 27.3 Å². The Morgan fingerprint density at radius 1 is 1.00 bits per heavy atom. The molecule has 2 aromatic carbocycles. The van der Waals surface area contributed by atoms with Crippen molar-refractivity contribution in [3.63, 3.8) is 0 Å². The summed E-state index contributed by atoms with van der Waals surface area (Å²) in [5, 5.41) is 2.95. The Hall–Kier alpha value is -2.40. The summed E-state index contributed by atoms with van der Waals surface area (Å²) in [4.78, 5) is 22.6. The largest absolute Gasteiger partial charge is 0.348 e. The Labute approximate surface area is 145 Å². The van der Waals surface area contributed by atoms with E-state index in [9.17, 15) is 4.79 Å². The molecule has 0 radical (unpaired) electrons. The summed E-state index contributed by atoms with van der Waals surface area (Å²) in [5.74, 6) is -0.106. The van der Waals surface area contributed by atoms with E-state index in [0.717, 1.165) is 28.0 Å². The molecule has 0 aliphatic carbocycles. The number of carbonyl (C=O) groups excluding carboxylic acids is 1. The van der Waals surface area contributed by atoms with E-state index < -0.39 is 0 Å². The van der Waals surface area contributed by atoms with Crippen molar-refractivity contribution in [3.05, 3.63) is 65.0 Å². The number of hydrogen-bond donors (Lipinski definition) is 1. The average Bonchev–Trinajstić information content (AvgIpc) is 2.60. The minimum atomic E-state index is -0.106. The topological polar surface area (TPSA) is 54.9 Å². The predicted molar refractivity (Wildman–Crippen MR) is 98.4 cm³/mol. The highest BCUT2D eigenvalue weighted by Crippen LogP contribution is 2.16. The van der Waals surface area contributed by atoms with Gasteiger partial charge in [-0.1, -0.05) is 12.1 Å². The standard InChI is InChI=1S/C19H19N3OS/c1-12-13(2)22-18-10-15(6-9-17(18)21-12)19(23)20-11-14-4-7-16(24-3)8-5-14/h4-10H,11H2,1-3H3,(H,20,23). The van der Waals surface area contributed by atoms with E-state index in [-0.39, 0.29) is 5.91 Å². The molecule has 5 heteroatoms. The van der Waals surface area contributed by atoms with Crippen LogP contribution >= 0.6 is 11.8 Å². The third-order valence-corrected chi connectivity index (χ3v) is 4.69. The van der Waals surface area contributed by atoms with E-state index in [1.807, 2.05) is 38.3 Å². The van der Waals surface area contributed by atoms with Crippen LogP contribution in [0.15, 0.2) is 47.4 Å². The normalized spacial score (nSPS) is 10.8. The molecule has 0 spiro atoms. The molecular formula is C19H19N3OS. The molecule has 1 aromatic heterocycles. The molecule has 0 unspecified atom stereocenters. The summed E-state index contributed by atoms with van der Waals surface area (Å²) in [7, 11) is 0. The number of rotatable bonds is 4. The molecule has 1 amide bonds. The van der Waals surface area contributed by atoms with Crippen LogP contribution in [0.4, 0.5) is 0 Å². The minimum absolute atomic E-state index is 0.106. The molecule has 0 aliphatic rings. The second-order valence-corrected chi connectivity index (χ2v) is 6.51. The Bertz CT molecular complexity index is 891. The summed E-state index contributed by atoms with van der Waals surface area (Å²) in [6, 6.07) is 13.6. The molecule has 3 rings (SSSR count). The zero-order valence-electron chi connectivity index (χ0n) is 14.0. The quantitative estimate of drug-likeness (QED) is 0.734. The number of carbonyl (C=O) groups is 1. The number of aromatic nitrogens is 2. The molecule has 4 nitrogen and oxygen atoms in total. The van der Waals surface area contributed by atoms with Crippen LogP contribution in [0, 0.1) is 13.8 Å². The molecular weight excluding hydrogens is 318 g/mol. The molecule has 1 N–H and O–H groups in total. The Balaban J connectivity index is 1.74. The van der Waals surface area contributed by atoms with Crippen LogP contribution in [-0.2, 0) is 6.54 Å². The van der Waals surface area contributed by atoms with Gasteiger partial charge in [0, 0.05) is 17.0 Å². The second kappa shape index (κ2) is 7.01. The predicted octanol–water partition coefficient (Wildman–Crippen LogP) is 3.90. The van der Waals surface area contributed by atoms with Gasteiger partial charge < -0.3 is 5.32 Å². The van der Waals surface area contributed by atoms with Crippen molar-refractivity contribution in [2.75, 3.05) is 6.26 Å². The van der Waals surface area contributed by atoms with E-state index in [0.29, 0.717) is 12.1 Å². The Kier molecular flexibility index (Phi) is 4.81. The first-order valence-electron chi connectivity index (χ1n) is 7.73. The fraction of sp³-hybridized carbons (Fsp3) is 0.211. The number of benzene rings is 2. The molecule has 3 aromatic rings. The van der Waals surface area contributed by atoms with Gasteiger partial charge in [0.05, 0.1) is 22.4 Å². The lowest BCUT2D eigenvalue weighted by molar-refractivity contribution is 0.0951. The minimum Gasteiger partial charge on any atom is -0.348 e. The molecule has 0 saturated heterocycles. The second-order valence-electron chi connectivity index (χ2n) is 5.63. The van der Waals surface area contributed by atoms with Crippen molar-refractivity contribution >= 4 is 28.7 Å². The Morgan fingerprint density at radius 3 is 2.33 bits per heavy atom. The average molecular weight is 337 g/mol. The van der Waals surface area contributed by atoms with Crippen molar-refractivity contribution in [3.8, 4) is 0 Å². The molecule has 0 saturated carbocycles. The van der Waals surface area contributed by atoms with Crippen LogP contribution in [0.3, 0.4) is 0 Å². The summed E-state index contributed by atoms with van der Waals surface area (Å²) in [5.41, 5.74) is 5.02. The van der Waals surface area contributed by atoms with Crippen LogP contribution in [0.25, 0.3) is 11.0 Å². The number of nitrogens with one attached hydrogen (secondary N) is 1. The van der Waals surface area contributed by atoms with E-state index in [2.05, 4.69) is 27.4 Å². The highest BCUT2D eigenvalue weighted by atomic mass is 32.2. The fourth-order valence-corrected chi connectivity index (χ4v) is 2.81. The first kappa shape index (κ1) is 16.5. The molecule has 0 aliphatic heterocycles. The summed E-state index contributed by atoms with van der Waals surface area (Å²) in [6.07, 6.45) is 2.04. The highest BCUT2D eigenvalue weighted by molar-refractivity contribution is 7.98. The van der Waals surface area contributed by atoms with Crippen LogP contribution in [0.5, 0.6) is 0 Å². The SMILES string of the molecule is CSc1ccc(CNC(=O)c2ccc3nc(C)c(C)nc3c2)cc1. The van der Waals surface area contributed by atoms with Gasteiger partial charge in [0.25, 0.3) is 5.91 Å². The maximum absolute atomic E-state index is 12.4. The molecule has 1 heterocycles. The fourth-order valence-electron chi connectivity index (χ4n) is 2.40. The van der Waals surface area contributed by atoms with Gasteiger partial charge in [0.2, 0.25) is 0 Å². The number of fused-ring (bicyclic) bond motifs is 1. The van der Waals surface area contributed by atoms with Crippen molar-refractivity contribution < 1.29 is 4.79 Å². The van der Waals surface area contributed by atoms with Crippen LogP contribution in [-0.4, -0.2) is 22.1 Å². The number of amides is 1. The van der Waals surface area contributed by atoms with Gasteiger partial charge in [-0.3, -0.25) is 4.79 Å². The van der Waals surface area contributed by atoms with Crippen molar-refractivity contribution in [2.24, 2.45) is 0 Å². The third-order valence-electron chi connectivity index (χ3n) is 3.95. The number of aryl methyl sites for hydroxylation is 2. The van der Waals surface area contributed by atoms with Gasteiger partial charge in [0.15, 0.2) is 0 Å². The van der Waals surface area contributed by atoms with Crippen molar-refractivity contribution in [1.82, 2.24) is 15.3 Å². The molecule has 0 fully saturated rings. The lowest BCUT2D eigenvalue weighted by Gasteiger charge is -2.08. The summed E-state index contributed by atoms with van der Waals surface area (Å²) in [6.45, 7) is 4.36. The van der Waals surface area contributed by atoms with E-state index >= 15 is 0 Å². The van der Waals surface area contributed by atoms with Gasteiger partial charge >= 0.3 is 0 Å². The van der Waals surface area contributed by atoms with Gasteiger partial charge in [-0.15, -0.1) is 11.8 Å². The maximum Gasteiger partial charge on any atom is 0.251 e. The van der Waals surface area contributed by atoms with E-state index in [1.165, 1.54) is 4.90 Å². The van der Waals surface area contributed by atoms with Crippen molar-refractivity contribution in [1.29, 1.82) is 0 Å². The molecule has 24 heavy (non-hydrogen) atoms. The number of nitrogens with zero attached hydrogens (tertiary/aromatic N) is 2. The zero-order chi connectivity index (χ0) is 17.1. The van der Waals surface area contributed by atoms with E-state index in [4.69, 9.17) is 0 Å². The highest BCUT2D eigenvalue weighted by Gasteiger charge is 2.08. The van der Waals surface area contributed by atoms with Gasteiger partial charge in [-0.25, -0.2) is 9.97 Å². The smallest absolute Gasteiger partial charge is 0.251 e.